The summed E-state index contributed by atoms with van der Waals surface area (Å²) in [5, 5.41) is 10.1. The molecule has 0 atom stereocenters. The average molecular weight is 183 g/mol. The fourth-order valence-electron chi connectivity index (χ4n) is 1.98. The Morgan fingerprint density at radius 3 is 2.46 bits per heavy atom. The number of allylic oxidation sites excluding steroid dienone is 1. The summed E-state index contributed by atoms with van der Waals surface area (Å²) in [5.74, 6) is 1.31. The number of rotatable bonds is 3. The second kappa shape index (κ2) is 5.00. The van der Waals surface area contributed by atoms with Gasteiger partial charge in [0.15, 0.2) is 0 Å². The fraction of sp³-hybridized carbons (Fsp3) is 0.800. The molecule has 0 spiro atoms. The third-order valence-electron chi connectivity index (χ3n) is 2.95. The van der Waals surface area contributed by atoms with Crippen molar-refractivity contribution >= 4 is 0 Å². The highest BCUT2D eigenvalue weighted by Gasteiger charge is 2.18. The van der Waals surface area contributed by atoms with Gasteiger partial charge < -0.3 is 0 Å². The minimum absolute atomic E-state index is 0.369. The van der Waals surface area contributed by atoms with Crippen LogP contribution in [0.4, 0.5) is 0 Å². The van der Waals surface area contributed by atoms with E-state index in [-0.39, 0.29) is 4.92 Å². The largest absolute Gasteiger partial charge is 0.259 e. The van der Waals surface area contributed by atoms with Gasteiger partial charge in [-0.25, -0.2) is 0 Å². The van der Waals surface area contributed by atoms with Crippen LogP contribution in [-0.2, 0) is 0 Å². The Morgan fingerprint density at radius 1 is 1.38 bits per heavy atom. The van der Waals surface area contributed by atoms with Gasteiger partial charge in [0.2, 0.25) is 6.20 Å². The number of nitrogens with zero attached hydrogens (tertiary/aromatic N) is 1. The van der Waals surface area contributed by atoms with E-state index in [1.54, 1.807) is 6.08 Å². The standard InChI is InChI=1S/C10H17NO2/c1-2-9-3-5-10(6-4-9)7-8-11(12)13/h7-10H,2-6H2,1H3/b8-7+. The molecule has 1 saturated carbocycles. The van der Waals surface area contributed by atoms with Crippen LogP contribution in [0.5, 0.6) is 0 Å². The predicted octanol–water partition coefficient (Wildman–Crippen LogP) is 2.99. The molecule has 1 rings (SSSR count). The first-order valence-corrected chi connectivity index (χ1v) is 5.04. The molecule has 0 unspecified atom stereocenters. The molecule has 1 aliphatic rings. The Bertz CT molecular complexity index is 193. The molecule has 0 bridgehead atoms. The zero-order chi connectivity index (χ0) is 9.68. The zero-order valence-corrected chi connectivity index (χ0v) is 8.11. The van der Waals surface area contributed by atoms with E-state index in [1.807, 2.05) is 0 Å². The molecule has 0 heterocycles. The highest BCUT2D eigenvalue weighted by Crippen LogP contribution is 2.31. The quantitative estimate of drug-likeness (QED) is 0.498. The van der Waals surface area contributed by atoms with Gasteiger partial charge in [-0.15, -0.1) is 0 Å². The number of hydrogen-bond donors (Lipinski definition) is 0. The lowest BCUT2D eigenvalue weighted by molar-refractivity contribution is -0.402. The van der Waals surface area contributed by atoms with E-state index in [2.05, 4.69) is 6.92 Å². The maximum atomic E-state index is 10.1. The predicted molar refractivity (Wildman–Crippen MR) is 51.9 cm³/mol. The molecule has 3 nitrogen and oxygen atoms in total. The van der Waals surface area contributed by atoms with E-state index >= 15 is 0 Å². The third kappa shape index (κ3) is 3.57. The van der Waals surface area contributed by atoms with Crippen molar-refractivity contribution in [3.05, 3.63) is 22.4 Å². The Hall–Kier alpha value is -0.860. The lowest BCUT2D eigenvalue weighted by Crippen LogP contribution is -2.12. The zero-order valence-electron chi connectivity index (χ0n) is 8.11. The molecule has 1 fully saturated rings. The molecule has 0 aromatic heterocycles. The van der Waals surface area contributed by atoms with Crippen molar-refractivity contribution in [2.75, 3.05) is 0 Å². The maximum Gasteiger partial charge on any atom is 0.230 e. The fourth-order valence-corrected chi connectivity index (χ4v) is 1.98. The highest BCUT2D eigenvalue weighted by atomic mass is 16.6. The summed E-state index contributed by atoms with van der Waals surface area (Å²) < 4.78 is 0. The summed E-state index contributed by atoms with van der Waals surface area (Å²) >= 11 is 0. The molecule has 13 heavy (non-hydrogen) atoms. The van der Waals surface area contributed by atoms with Gasteiger partial charge in [-0.05, 0) is 43.6 Å². The minimum atomic E-state index is -0.369. The molecule has 3 heteroatoms. The summed E-state index contributed by atoms with van der Waals surface area (Å²) in [4.78, 5) is 9.71. The van der Waals surface area contributed by atoms with Gasteiger partial charge in [0.25, 0.3) is 0 Å². The van der Waals surface area contributed by atoms with Crippen molar-refractivity contribution in [2.24, 2.45) is 11.8 Å². The number of hydrogen-bond acceptors (Lipinski definition) is 2. The lowest BCUT2D eigenvalue weighted by atomic mass is 9.81. The van der Waals surface area contributed by atoms with Crippen LogP contribution in [0.25, 0.3) is 0 Å². The summed E-state index contributed by atoms with van der Waals surface area (Å²) in [5.41, 5.74) is 0. The molecule has 1 aliphatic carbocycles. The average Bonchev–Trinajstić information content (AvgIpc) is 2.15. The van der Waals surface area contributed by atoms with Gasteiger partial charge in [0.1, 0.15) is 0 Å². The smallest absolute Gasteiger partial charge is 0.230 e. The van der Waals surface area contributed by atoms with Crippen LogP contribution in [0.1, 0.15) is 39.0 Å². The first-order chi connectivity index (χ1) is 6.22. The molecule has 0 aromatic carbocycles. The molecule has 0 aromatic rings. The summed E-state index contributed by atoms with van der Waals surface area (Å²) in [6.45, 7) is 2.22. The van der Waals surface area contributed by atoms with E-state index in [0.29, 0.717) is 5.92 Å². The third-order valence-corrected chi connectivity index (χ3v) is 2.95. The summed E-state index contributed by atoms with van der Waals surface area (Å²) in [7, 11) is 0. The van der Waals surface area contributed by atoms with Crippen molar-refractivity contribution in [3.8, 4) is 0 Å². The van der Waals surface area contributed by atoms with Crippen molar-refractivity contribution in [3.63, 3.8) is 0 Å². The van der Waals surface area contributed by atoms with E-state index in [0.717, 1.165) is 25.0 Å². The summed E-state index contributed by atoms with van der Waals surface area (Å²) in [6.07, 6.45) is 8.84. The molecule has 0 aliphatic heterocycles. The van der Waals surface area contributed by atoms with Crippen LogP contribution >= 0.6 is 0 Å². The highest BCUT2D eigenvalue weighted by molar-refractivity contribution is 4.86. The minimum Gasteiger partial charge on any atom is -0.259 e. The topological polar surface area (TPSA) is 43.1 Å². The normalized spacial score (nSPS) is 29.3. The second-order valence-electron chi connectivity index (χ2n) is 3.82. The molecule has 0 radical (unpaired) electrons. The van der Waals surface area contributed by atoms with Gasteiger partial charge in [0.05, 0.1) is 4.92 Å². The van der Waals surface area contributed by atoms with E-state index < -0.39 is 0 Å². The van der Waals surface area contributed by atoms with Crippen molar-refractivity contribution in [1.29, 1.82) is 0 Å². The van der Waals surface area contributed by atoms with Crippen LogP contribution in [-0.4, -0.2) is 4.92 Å². The first kappa shape index (κ1) is 10.2. The van der Waals surface area contributed by atoms with Crippen LogP contribution in [0.2, 0.25) is 0 Å². The van der Waals surface area contributed by atoms with Gasteiger partial charge in [-0.3, -0.25) is 10.1 Å². The van der Waals surface area contributed by atoms with Crippen molar-refractivity contribution in [2.45, 2.75) is 39.0 Å². The van der Waals surface area contributed by atoms with E-state index in [9.17, 15) is 10.1 Å². The van der Waals surface area contributed by atoms with Crippen LogP contribution in [0, 0.1) is 22.0 Å². The molecule has 0 N–H and O–H groups in total. The van der Waals surface area contributed by atoms with E-state index in [4.69, 9.17) is 0 Å². The molecular weight excluding hydrogens is 166 g/mol. The number of nitro groups is 1. The maximum absolute atomic E-state index is 10.1. The van der Waals surface area contributed by atoms with Crippen molar-refractivity contribution in [1.82, 2.24) is 0 Å². The molecular formula is C10H17NO2. The van der Waals surface area contributed by atoms with Gasteiger partial charge >= 0.3 is 0 Å². The first-order valence-electron chi connectivity index (χ1n) is 5.04. The van der Waals surface area contributed by atoms with Gasteiger partial charge in [-0.2, -0.15) is 0 Å². The monoisotopic (exact) mass is 183 g/mol. The second-order valence-corrected chi connectivity index (χ2v) is 3.82. The Balaban J connectivity index is 2.28. The lowest BCUT2D eigenvalue weighted by Gasteiger charge is -2.24. The van der Waals surface area contributed by atoms with Crippen LogP contribution in [0.15, 0.2) is 12.3 Å². The molecule has 74 valence electrons. The van der Waals surface area contributed by atoms with Crippen molar-refractivity contribution < 1.29 is 4.92 Å². The van der Waals surface area contributed by atoms with Gasteiger partial charge in [0, 0.05) is 0 Å². The van der Waals surface area contributed by atoms with Gasteiger partial charge in [-0.1, -0.05) is 13.3 Å². The summed E-state index contributed by atoms with van der Waals surface area (Å²) in [6, 6.07) is 0. The Labute approximate surface area is 79.0 Å². The Kier molecular flexibility index (Phi) is 3.93. The SMILES string of the molecule is CCC1CCC(/C=C/[N+](=O)[O-])CC1. The van der Waals surface area contributed by atoms with E-state index in [1.165, 1.54) is 19.3 Å². The molecule has 0 saturated heterocycles. The van der Waals surface area contributed by atoms with Crippen LogP contribution in [0.3, 0.4) is 0 Å². The molecule has 0 amide bonds. The Morgan fingerprint density at radius 2 is 2.00 bits per heavy atom. The van der Waals surface area contributed by atoms with Crippen LogP contribution < -0.4 is 0 Å².